The molecular formula is C10H12N2. The summed E-state index contributed by atoms with van der Waals surface area (Å²) < 4.78 is 0. The van der Waals surface area contributed by atoms with Crippen LogP contribution < -0.4 is 0 Å². The molecule has 0 unspecified atom stereocenters. The van der Waals surface area contributed by atoms with E-state index in [0.29, 0.717) is 0 Å². The molecule has 0 atom stereocenters. The largest absolute Gasteiger partial charge is 0.261 e. The van der Waals surface area contributed by atoms with Crippen molar-refractivity contribution in [3.8, 4) is 6.07 Å². The molecule has 0 amide bonds. The van der Waals surface area contributed by atoms with Gasteiger partial charge in [0.05, 0.1) is 11.6 Å². The van der Waals surface area contributed by atoms with E-state index in [9.17, 15) is 0 Å². The van der Waals surface area contributed by atoms with Gasteiger partial charge in [-0.25, -0.2) is 0 Å². The first-order valence-electron chi connectivity index (χ1n) is 4.20. The van der Waals surface area contributed by atoms with E-state index < -0.39 is 0 Å². The number of hydrogen-bond acceptors (Lipinski definition) is 2. The Morgan fingerprint density at radius 1 is 1.42 bits per heavy atom. The van der Waals surface area contributed by atoms with E-state index in [2.05, 4.69) is 24.9 Å². The lowest BCUT2D eigenvalue weighted by Gasteiger charge is -2.04. The summed E-state index contributed by atoms with van der Waals surface area (Å²) in [7, 11) is 0. The van der Waals surface area contributed by atoms with Gasteiger partial charge >= 0.3 is 0 Å². The summed E-state index contributed by atoms with van der Waals surface area (Å²) in [6, 6.07) is 3.96. The summed E-state index contributed by atoms with van der Waals surface area (Å²) in [6.07, 6.45) is 3.50. The van der Waals surface area contributed by atoms with Crippen molar-refractivity contribution in [1.82, 2.24) is 4.98 Å². The fraction of sp³-hybridized carbons (Fsp3) is 0.400. The Bertz CT molecular complexity index is 310. The molecule has 1 heterocycles. The normalized spacial score (nSPS) is 9.42. The predicted molar refractivity (Wildman–Crippen MR) is 47.7 cm³/mol. The predicted octanol–water partition coefficient (Wildman–Crippen LogP) is 2.08. The molecule has 0 bridgehead atoms. The lowest BCUT2D eigenvalue weighted by molar-refractivity contribution is 0.958. The molecule has 0 aliphatic carbocycles. The van der Waals surface area contributed by atoms with Gasteiger partial charge in [-0.1, -0.05) is 13.8 Å². The van der Waals surface area contributed by atoms with Crippen LogP contribution in [0.15, 0.2) is 12.3 Å². The minimum Gasteiger partial charge on any atom is -0.261 e. The van der Waals surface area contributed by atoms with Gasteiger partial charge in [0.2, 0.25) is 0 Å². The van der Waals surface area contributed by atoms with E-state index in [0.717, 1.165) is 29.7 Å². The second kappa shape index (κ2) is 3.87. The summed E-state index contributed by atoms with van der Waals surface area (Å²) >= 11 is 0. The molecule has 2 nitrogen and oxygen atoms in total. The molecule has 1 aromatic heterocycles. The Kier molecular flexibility index (Phi) is 2.82. The summed E-state index contributed by atoms with van der Waals surface area (Å²) in [4.78, 5) is 4.23. The van der Waals surface area contributed by atoms with Crippen LogP contribution in [0.1, 0.15) is 30.7 Å². The van der Waals surface area contributed by atoms with Crippen molar-refractivity contribution in [2.45, 2.75) is 26.7 Å². The molecule has 0 spiro atoms. The number of nitriles is 1. The Labute approximate surface area is 72.9 Å². The number of hydrogen-bond donors (Lipinski definition) is 0. The van der Waals surface area contributed by atoms with Crippen molar-refractivity contribution >= 4 is 0 Å². The Hall–Kier alpha value is -1.36. The topological polar surface area (TPSA) is 36.7 Å². The maximum atomic E-state index is 8.79. The van der Waals surface area contributed by atoms with Gasteiger partial charge in [-0.3, -0.25) is 4.98 Å². The lowest BCUT2D eigenvalue weighted by Crippen LogP contribution is -1.97. The van der Waals surface area contributed by atoms with E-state index in [-0.39, 0.29) is 0 Å². The van der Waals surface area contributed by atoms with Crippen molar-refractivity contribution in [3.05, 3.63) is 29.1 Å². The van der Waals surface area contributed by atoms with Crippen LogP contribution in [0.25, 0.3) is 0 Å². The maximum Gasteiger partial charge on any atom is 0.0995 e. The maximum absolute atomic E-state index is 8.79. The Morgan fingerprint density at radius 3 is 2.67 bits per heavy atom. The molecule has 1 rings (SSSR count). The highest BCUT2D eigenvalue weighted by atomic mass is 14.7. The average molecular weight is 160 g/mol. The molecule has 0 N–H and O–H groups in total. The van der Waals surface area contributed by atoms with Crippen molar-refractivity contribution in [3.63, 3.8) is 0 Å². The Morgan fingerprint density at radius 2 is 2.17 bits per heavy atom. The summed E-state index contributed by atoms with van der Waals surface area (Å²) in [5, 5.41) is 8.79. The molecule has 1 aromatic rings. The lowest BCUT2D eigenvalue weighted by atomic mass is 10.0. The van der Waals surface area contributed by atoms with Crippen LogP contribution in [0.2, 0.25) is 0 Å². The minimum absolute atomic E-state index is 0.768. The fourth-order valence-electron chi connectivity index (χ4n) is 1.34. The highest BCUT2D eigenvalue weighted by Gasteiger charge is 2.04. The first-order chi connectivity index (χ1) is 5.83. The van der Waals surface area contributed by atoms with E-state index in [1.807, 2.05) is 0 Å². The molecule has 62 valence electrons. The molecule has 0 radical (unpaired) electrons. The minimum atomic E-state index is 0.768. The summed E-state index contributed by atoms with van der Waals surface area (Å²) in [5.74, 6) is 0. The van der Waals surface area contributed by atoms with Gasteiger partial charge in [-0.15, -0.1) is 0 Å². The second-order valence-electron chi connectivity index (χ2n) is 2.60. The first-order valence-corrected chi connectivity index (χ1v) is 4.20. The zero-order valence-electron chi connectivity index (χ0n) is 7.46. The molecular weight excluding hydrogens is 148 g/mol. The average Bonchev–Trinajstić information content (AvgIpc) is 2.16. The van der Waals surface area contributed by atoms with Crippen molar-refractivity contribution in [1.29, 1.82) is 5.26 Å². The van der Waals surface area contributed by atoms with Gasteiger partial charge in [0.15, 0.2) is 0 Å². The van der Waals surface area contributed by atoms with E-state index in [4.69, 9.17) is 5.26 Å². The molecule has 0 aromatic carbocycles. The first kappa shape index (κ1) is 8.73. The molecule has 0 saturated carbocycles. The smallest absolute Gasteiger partial charge is 0.0995 e. The molecule has 0 saturated heterocycles. The highest BCUT2D eigenvalue weighted by Crippen LogP contribution is 2.12. The molecule has 0 aliphatic heterocycles. The summed E-state index contributed by atoms with van der Waals surface area (Å²) in [5.41, 5.74) is 2.92. The second-order valence-corrected chi connectivity index (χ2v) is 2.60. The van der Waals surface area contributed by atoms with Crippen molar-refractivity contribution in [2.24, 2.45) is 0 Å². The van der Waals surface area contributed by atoms with E-state index in [1.165, 1.54) is 0 Å². The third-order valence-corrected chi connectivity index (χ3v) is 1.95. The van der Waals surface area contributed by atoms with Crippen LogP contribution >= 0.6 is 0 Å². The zero-order valence-corrected chi connectivity index (χ0v) is 7.46. The van der Waals surface area contributed by atoms with E-state index >= 15 is 0 Å². The van der Waals surface area contributed by atoms with Gasteiger partial charge in [0.25, 0.3) is 0 Å². The van der Waals surface area contributed by atoms with Crippen molar-refractivity contribution in [2.75, 3.05) is 0 Å². The van der Waals surface area contributed by atoms with Gasteiger partial charge in [-0.05, 0) is 24.5 Å². The van der Waals surface area contributed by atoms with Crippen molar-refractivity contribution < 1.29 is 0 Å². The number of rotatable bonds is 2. The third kappa shape index (κ3) is 1.45. The van der Waals surface area contributed by atoms with Crippen LogP contribution in [0, 0.1) is 11.3 Å². The van der Waals surface area contributed by atoms with Crippen LogP contribution in [0.5, 0.6) is 0 Å². The SMILES string of the molecule is CCc1nccc(C#N)c1CC. The molecule has 0 aliphatic rings. The number of pyridine rings is 1. The van der Waals surface area contributed by atoms with Crippen LogP contribution in [0.3, 0.4) is 0 Å². The Balaban J connectivity index is 3.24. The summed E-state index contributed by atoms with van der Waals surface area (Å²) in [6.45, 7) is 4.11. The fourth-order valence-corrected chi connectivity index (χ4v) is 1.34. The van der Waals surface area contributed by atoms with Gasteiger partial charge in [0.1, 0.15) is 0 Å². The van der Waals surface area contributed by atoms with Crippen LogP contribution in [0.4, 0.5) is 0 Å². The highest BCUT2D eigenvalue weighted by molar-refractivity contribution is 5.39. The zero-order chi connectivity index (χ0) is 8.97. The van der Waals surface area contributed by atoms with Gasteiger partial charge < -0.3 is 0 Å². The van der Waals surface area contributed by atoms with Gasteiger partial charge in [-0.2, -0.15) is 5.26 Å². The molecule has 12 heavy (non-hydrogen) atoms. The van der Waals surface area contributed by atoms with Gasteiger partial charge in [0, 0.05) is 11.9 Å². The third-order valence-electron chi connectivity index (χ3n) is 1.95. The number of nitrogens with zero attached hydrogens (tertiary/aromatic N) is 2. The van der Waals surface area contributed by atoms with E-state index in [1.54, 1.807) is 12.3 Å². The molecule has 2 heteroatoms. The molecule has 0 fully saturated rings. The standard InChI is InChI=1S/C10H12N2/c1-3-9-8(7-11)5-6-12-10(9)4-2/h5-6H,3-4H2,1-2H3. The van der Waals surface area contributed by atoms with Crippen LogP contribution in [-0.2, 0) is 12.8 Å². The quantitative estimate of drug-likeness (QED) is 0.664. The number of aromatic nitrogens is 1. The monoisotopic (exact) mass is 160 g/mol. The van der Waals surface area contributed by atoms with Crippen LogP contribution in [-0.4, -0.2) is 4.98 Å². The number of aryl methyl sites for hydroxylation is 1.